The van der Waals surface area contributed by atoms with Gasteiger partial charge in [-0.3, -0.25) is 9.69 Å². The summed E-state index contributed by atoms with van der Waals surface area (Å²) in [4.78, 5) is 26.7. The number of aromatic nitrogens is 4. The molecule has 1 saturated heterocycles. The SMILES string of the molecule is CCC1CN(C(C)c2ccc3scnc3c2)CCN1c1cc(=O)n(C)n2cc(CC#N)nc12. The molecule has 33 heavy (non-hydrogen) atoms. The number of thiazole rings is 1. The first-order chi connectivity index (χ1) is 16.0. The Kier molecular flexibility index (Phi) is 5.64. The van der Waals surface area contributed by atoms with E-state index in [9.17, 15) is 4.79 Å². The van der Waals surface area contributed by atoms with E-state index in [2.05, 4.69) is 52.9 Å². The van der Waals surface area contributed by atoms with Crippen LogP contribution in [0.3, 0.4) is 0 Å². The first-order valence-electron chi connectivity index (χ1n) is 11.3. The molecule has 170 valence electrons. The average molecular weight is 462 g/mol. The molecule has 1 aliphatic rings. The summed E-state index contributed by atoms with van der Waals surface area (Å²) < 4.78 is 4.53. The fraction of sp³-hybridized carbons (Fsp3) is 0.417. The number of aryl methyl sites for hydroxylation is 1. The molecule has 2 atom stereocenters. The van der Waals surface area contributed by atoms with Crippen LogP contribution in [0, 0.1) is 11.3 Å². The van der Waals surface area contributed by atoms with Gasteiger partial charge in [0, 0.05) is 44.8 Å². The smallest absolute Gasteiger partial charge is 0.267 e. The number of rotatable bonds is 5. The van der Waals surface area contributed by atoms with Crippen molar-refractivity contribution in [3.05, 3.63) is 57.6 Å². The minimum atomic E-state index is -0.0828. The van der Waals surface area contributed by atoms with Gasteiger partial charge in [0.15, 0.2) is 5.65 Å². The summed E-state index contributed by atoms with van der Waals surface area (Å²) in [5, 5.41) is 9.10. The molecular formula is C24H27N7OS. The van der Waals surface area contributed by atoms with Crippen LogP contribution in [-0.2, 0) is 13.5 Å². The molecule has 0 amide bonds. The number of fused-ring (bicyclic) bond motifs is 2. The molecule has 5 rings (SSSR count). The highest BCUT2D eigenvalue weighted by Gasteiger charge is 2.31. The Bertz CT molecular complexity index is 1410. The predicted molar refractivity (Wildman–Crippen MR) is 131 cm³/mol. The molecule has 0 radical (unpaired) electrons. The van der Waals surface area contributed by atoms with E-state index >= 15 is 0 Å². The largest absolute Gasteiger partial charge is 0.363 e. The Balaban J connectivity index is 1.44. The molecule has 8 nitrogen and oxygen atoms in total. The zero-order chi connectivity index (χ0) is 23.1. The first kappa shape index (κ1) is 21.6. The van der Waals surface area contributed by atoms with Crippen molar-refractivity contribution in [2.45, 2.75) is 38.8 Å². The van der Waals surface area contributed by atoms with E-state index < -0.39 is 0 Å². The van der Waals surface area contributed by atoms with E-state index in [-0.39, 0.29) is 24.1 Å². The second kappa shape index (κ2) is 8.61. The lowest BCUT2D eigenvalue weighted by Gasteiger charge is -2.44. The highest BCUT2D eigenvalue weighted by atomic mass is 32.1. The molecule has 9 heteroatoms. The van der Waals surface area contributed by atoms with Gasteiger partial charge in [-0.05, 0) is 31.0 Å². The number of imidazole rings is 1. The Labute approximate surface area is 196 Å². The number of piperazine rings is 1. The first-order valence-corrected chi connectivity index (χ1v) is 12.2. The van der Waals surface area contributed by atoms with E-state index in [1.807, 2.05) is 5.51 Å². The molecule has 0 N–H and O–H groups in total. The summed E-state index contributed by atoms with van der Waals surface area (Å²) in [5.74, 6) is 0. The molecule has 0 spiro atoms. The fourth-order valence-electron chi connectivity index (χ4n) is 4.82. The molecule has 0 saturated carbocycles. The number of nitrogens with zero attached hydrogens (tertiary/aromatic N) is 7. The van der Waals surface area contributed by atoms with Crippen molar-refractivity contribution in [2.24, 2.45) is 7.05 Å². The topological polar surface area (TPSA) is 82.5 Å². The maximum Gasteiger partial charge on any atom is 0.267 e. The van der Waals surface area contributed by atoms with Gasteiger partial charge in [-0.15, -0.1) is 11.3 Å². The number of hydrogen-bond acceptors (Lipinski definition) is 7. The monoisotopic (exact) mass is 461 g/mol. The van der Waals surface area contributed by atoms with Crippen molar-refractivity contribution in [1.82, 2.24) is 24.1 Å². The van der Waals surface area contributed by atoms with Gasteiger partial charge in [0.05, 0.1) is 45.8 Å². The highest BCUT2D eigenvalue weighted by Crippen LogP contribution is 2.31. The van der Waals surface area contributed by atoms with E-state index in [0.717, 1.165) is 42.9 Å². The zero-order valence-corrected chi connectivity index (χ0v) is 19.9. The van der Waals surface area contributed by atoms with Crippen LogP contribution < -0.4 is 10.5 Å². The molecule has 1 aromatic carbocycles. The van der Waals surface area contributed by atoms with Crippen LogP contribution >= 0.6 is 11.3 Å². The van der Waals surface area contributed by atoms with Gasteiger partial charge in [-0.2, -0.15) is 5.26 Å². The Morgan fingerprint density at radius 2 is 2.15 bits per heavy atom. The molecular weight excluding hydrogens is 434 g/mol. The maximum absolute atomic E-state index is 12.7. The van der Waals surface area contributed by atoms with E-state index in [4.69, 9.17) is 10.2 Å². The third-order valence-electron chi connectivity index (χ3n) is 6.81. The second-order valence-corrected chi connectivity index (χ2v) is 9.52. The van der Waals surface area contributed by atoms with Crippen LogP contribution in [0.4, 0.5) is 5.69 Å². The maximum atomic E-state index is 12.7. The van der Waals surface area contributed by atoms with E-state index in [1.54, 1.807) is 39.8 Å². The second-order valence-electron chi connectivity index (χ2n) is 8.63. The van der Waals surface area contributed by atoms with Crippen LogP contribution in [0.5, 0.6) is 0 Å². The van der Waals surface area contributed by atoms with Gasteiger partial charge in [-0.25, -0.2) is 19.2 Å². The summed E-state index contributed by atoms with van der Waals surface area (Å²) in [6.45, 7) is 7.05. The number of anilines is 1. The minimum Gasteiger partial charge on any atom is -0.363 e. The standard InChI is InChI=1S/C24H27N7OS/c1-4-19-14-29(16(2)17-5-6-22-20(11-17)26-15-33-22)9-10-30(19)21-12-23(32)28(3)31-13-18(7-8-25)27-24(21)31/h5-6,11-13,15-16,19H,4,7,9-10,14H2,1-3H3. The van der Waals surface area contributed by atoms with Crippen molar-refractivity contribution in [1.29, 1.82) is 5.26 Å². The van der Waals surface area contributed by atoms with Crippen molar-refractivity contribution >= 4 is 32.9 Å². The Morgan fingerprint density at radius 3 is 2.94 bits per heavy atom. The van der Waals surface area contributed by atoms with Gasteiger partial charge in [0.25, 0.3) is 5.56 Å². The lowest BCUT2D eigenvalue weighted by Crippen LogP contribution is -2.54. The molecule has 0 bridgehead atoms. The summed E-state index contributed by atoms with van der Waals surface area (Å²) in [7, 11) is 1.73. The van der Waals surface area contributed by atoms with Crippen LogP contribution in [0.25, 0.3) is 15.9 Å². The molecule has 0 aliphatic carbocycles. The van der Waals surface area contributed by atoms with Crippen molar-refractivity contribution in [2.75, 3.05) is 24.5 Å². The van der Waals surface area contributed by atoms with Crippen molar-refractivity contribution in [3.63, 3.8) is 0 Å². The van der Waals surface area contributed by atoms with E-state index in [1.165, 1.54) is 10.3 Å². The van der Waals surface area contributed by atoms with Gasteiger partial charge < -0.3 is 4.90 Å². The van der Waals surface area contributed by atoms with Crippen LogP contribution in [0.2, 0.25) is 0 Å². The zero-order valence-electron chi connectivity index (χ0n) is 19.1. The summed E-state index contributed by atoms with van der Waals surface area (Å²) >= 11 is 1.67. The molecule has 1 aliphatic heterocycles. The van der Waals surface area contributed by atoms with Gasteiger partial charge in [0.1, 0.15) is 0 Å². The summed E-state index contributed by atoms with van der Waals surface area (Å²) in [6, 6.07) is 11.0. The van der Waals surface area contributed by atoms with Gasteiger partial charge in [0.2, 0.25) is 0 Å². The van der Waals surface area contributed by atoms with Crippen molar-refractivity contribution < 1.29 is 0 Å². The van der Waals surface area contributed by atoms with Crippen LogP contribution in [0.1, 0.15) is 37.6 Å². The lowest BCUT2D eigenvalue weighted by molar-refractivity contribution is 0.169. The molecule has 1 fully saturated rings. The Morgan fingerprint density at radius 1 is 1.30 bits per heavy atom. The number of hydrogen-bond donors (Lipinski definition) is 0. The molecule has 4 aromatic rings. The lowest BCUT2D eigenvalue weighted by atomic mass is 10.0. The highest BCUT2D eigenvalue weighted by molar-refractivity contribution is 7.16. The molecule has 2 unspecified atom stereocenters. The van der Waals surface area contributed by atoms with E-state index in [0.29, 0.717) is 5.69 Å². The van der Waals surface area contributed by atoms with Crippen molar-refractivity contribution in [3.8, 4) is 6.07 Å². The third-order valence-corrected chi connectivity index (χ3v) is 7.62. The predicted octanol–water partition coefficient (Wildman–Crippen LogP) is 3.37. The quantitative estimate of drug-likeness (QED) is 0.453. The summed E-state index contributed by atoms with van der Waals surface area (Å²) in [5.41, 5.74) is 6.42. The van der Waals surface area contributed by atoms with Gasteiger partial charge in [-0.1, -0.05) is 13.0 Å². The summed E-state index contributed by atoms with van der Waals surface area (Å²) in [6.07, 6.45) is 2.97. The van der Waals surface area contributed by atoms with Crippen LogP contribution in [0.15, 0.2) is 40.8 Å². The van der Waals surface area contributed by atoms with Gasteiger partial charge >= 0.3 is 0 Å². The third kappa shape index (κ3) is 3.79. The number of nitriles is 1. The normalized spacial score (nSPS) is 18.1. The average Bonchev–Trinajstić information content (AvgIpc) is 3.47. The molecule has 4 heterocycles. The fourth-order valence-corrected chi connectivity index (χ4v) is 5.48. The molecule has 3 aromatic heterocycles. The van der Waals surface area contributed by atoms with Crippen LogP contribution in [-0.4, -0.2) is 49.7 Å². The minimum absolute atomic E-state index is 0.0828. The Hall–Kier alpha value is -3.22. The number of benzene rings is 1.